The molecule has 0 amide bonds. The molecule has 0 saturated heterocycles. The highest BCUT2D eigenvalue weighted by Crippen LogP contribution is 2.37. The molecule has 108 valence electrons. The molecule has 1 aromatic rings. The standard InChI is InChI=1S/C9H9F3N2O4.ClH/c10-6-2-4(14(17)18)1-5(7(6)16)8(13)9(11,12)3-15;/h1-2,8,15-16H,3,13H2;1H/t8-;/m0./s1. The Labute approximate surface area is 111 Å². The number of phenols is 1. The Kier molecular flexibility index (Phi) is 5.54. The van der Waals surface area contributed by atoms with Crippen LogP contribution in [-0.2, 0) is 0 Å². The van der Waals surface area contributed by atoms with Crippen LogP contribution in [0.1, 0.15) is 11.6 Å². The molecule has 6 nitrogen and oxygen atoms in total. The highest BCUT2D eigenvalue weighted by atomic mass is 35.5. The van der Waals surface area contributed by atoms with Crippen molar-refractivity contribution in [2.24, 2.45) is 5.73 Å². The number of hydrogen-bond donors (Lipinski definition) is 3. The number of benzene rings is 1. The van der Waals surface area contributed by atoms with E-state index in [1.807, 2.05) is 0 Å². The van der Waals surface area contributed by atoms with Gasteiger partial charge in [0.05, 0.1) is 11.0 Å². The Hall–Kier alpha value is -1.58. The minimum atomic E-state index is -3.85. The monoisotopic (exact) mass is 302 g/mol. The molecule has 0 radical (unpaired) electrons. The number of alkyl halides is 2. The predicted octanol–water partition coefficient (Wildman–Crippen LogP) is 1.49. The maximum Gasteiger partial charge on any atom is 0.289 e. The highest BCUT2D eigenvalue weighted by Gasteiger charge is 2.40. The second-order valence-electron chi connectivity index (χ2n) is 3.52. The topological polar surface area (TPSA) is 110 Å². The van der Waals surface area contributed by atoms with Gasteiger partial charge < -0.3 is 15.9 Å². The van der Waals surface area contributed by atoms with Crippen LogP contribution < -0.4 is 5.73 Å². The summed E-state index contributed by atoms with van der Waals surface area (Å²) in [6.45, 7) is -1.64. The van der Waals surface area contributed by atoms with Crippen LogP contribution in [0.3, 0.4) is 0 Å². The summed E-state index contributed by atoms with van der Waals surface area (Å²) in [7, 11) is 0. The van der Waals surface area contributed by atoms with Crippen LogP contribution >= 0.6 is 12.4 Å². The fraction of sp³-hybridized carbons (Fsp3) is 0.333. The first-order chi connectivity index (χ1) is 8.20. The van der Waals surface area contributed by atoms with Gasteiger partial charge in [0.2, 0.25) is 0 Å². The number of aliphatic hydroxyl groups is 1. The Bertz CT molecular complexity index is 487. The lowest BCUT2D eigenvalue weighted by Crippen LogP contribution is -2.36. The molecule has 0 aliphatic rings. The molecule has 0 aliphatic carbocycles. The molecule has 4 N–H and O–H groups in total. The number of phenolic OH excluding ortho intramolecular Hbond substituents is 1. The number of nitrogens with zero attached hydrogens (tertiary/aromatic N) is 1. The number of rotatable bonds is 4. The van der Waals surface area contributed by atoms with E-state index >= 15 is 0 Å². The van der Waals surface area contributed by atoms with Gasteiger partial charge in [-0.05, 0) is 0 Å². The van der Waals surface area contributed by atoms with Gasteiger partial charge in [0, 0.05) is 11.6 Å². The summed E-state index contributed by atoms with van der Waals surface area (Å²) >= 11 is 0. The number of aliphatic hydroxyl groups excluding tert-OH is 1. The molecule has 1 aromatic carbocycles. The summed E-state index contributed by atoms with van der Waals surface area (Å²) in [6.07, 6.45) is 0. The Morgan fingerprint density at radius 2 is 2.00 bits per heavy atom. The number of nitrogens with two attached hydrogens (primary N) is 1. The van der Waals surface area contributed by atoms with Gasteiger partial charge in [-0.25, -0.2) is 13.2 Å². The van der Waals surface area contributed by atoms with E-state index in [1.165, 1.54) is 0 Å². The lowest BCUT2D eigenvalue weighted by molar-refractivity contribution is -0.385. The summed E-state index contributed by atoms with van der Waals surface area (Å²) in [6, 6.07) is -1.35. The van der Waals surface area contributed by atoms with Crippen molar-refractivity contribution >= 4 is 18.1 Å². The molecular formula is C9H10ClF3N2O4. The van der Waals surface area contributed by atoms with E-state index in [4.69, 9.17) is 10.8 Å². The lowest BCUT2D eigenvalue weighted by atomic mass is 10.00. The molecule has 0 fully saturated rings. The lowest BCUT2D eigenvalue weighted by Gasteiger charge is -2.22. The van der Waals surface area contributed by atoms with Crippen LogP contribution in [0.15, 0.2) is 12.1 Å². The zero-order valence-corrected chi connectivity index (χ0v) is 10.0. The maximum absolute atomic E-state index is 13.1. The summed E-state index contributed by atoms with van der Waals surface area (Å²) in [5.41, 5.74) is 3.39. The van der Waals surface area contributed by atoms with Crippen LogP contribution in [0.25, 0.3) is 0 Å². The average Bonchev–Trinajstić information content (AvgIpc) is 2.31. The number of aromatic hydroxyl groups is 1. The van der Waals surface area contributed by atoms with Gasteiger partial charge >= 0.3 is 0 Å². The summed E-state index contributed by atoms with van der Waals surface area (Å²) in [4.78, 5) is 9.42. The predicted molar refractivity (Wildman–Crippen MR) is 60.9 cm³/mol. The third-order valence-corrected chi connectivity index (χ3v) is 2.29. The smallest absolute Gasteiger partial charge is 0.289 e. The van der Waals surface area contributed by atoms with E-state index in [-0.39, 0.29) is 12.4 Å². The van der Waals surface area contributed by atoms with Crippen molar-refractivity contribution in [1.82, 2.24) is 0 Å². The van der Waals surface area contributed by atoms with Crippen molar-refractivity contribution in [1.29, 1.82) is 0 Å². The van der Waals surface area contributed by atoms with Gasteiger partial charge in [-0.1, -0.05) is 0 Å². The molecule has 1 atom stereocenters. The first-order valence-corrected chi connectivity index (χ1v) is 4.61. The van der Waals surface area contributed by atoms with Gasteiger partial charge in [0.25, 0.3) is 11.6 Å². The van der Waals surface area contributed by atoms with Crippen LogP contribution in [0.4, 0.5) is 18.9 Å². The molecule has 0 unspecified atom stereocenters. The third-order valence-electron chi connectivity index (χ3n) is 2.29. The molecule has 0 aliphatic heterocycles. The zero-order chi connectivity index (χ0) is 14.1. The first-order valence-electron chi connectivity index (χ1n) is 4.61. The molecule has 0 bridgehead atoms. The highest BCUT2D eigenvalue weighted by molar-refractivity contribution is 5.85. The molecule has 0 aromatic heterocycles. The van der Waals surface area contributed by atoms with Crippen molar-refractivity contribution in [3.05, 3.63) is 33.6 Å². The van der Waals surface area contributed by atoms with Gasteiger partial charge in [0.15, 0.2) is 11.6 Å². The van der Waals surface area contributed by atoms with Crippen molar-refractivity contribution in [3.8, 4) is 5.75 Å². The molecular weight excluding hydrogens is 293 g/mol. The van der Waals surface area contributed by atoms with E-state index in [0.717, 1.165) is 0 Å². The van der Waals surface area contributed by atoms with Gasteiger partial charge in [0.1, 0.15) is 12.6 Å². The average molecular weight is 303 g/mol. The molecule has 10 heteroatoms. The van der Waals surface area contributed by atoms with Crippen LogP contribution in [-0.4, -0.2) is 27.7 Å². The molecule has 0 heterocycles. The molecule has 0 spiro atoms. The van der Waals surface area contributed by atoms with Gasteiger partial charge in [-0.3, -0.25) is 10.1 Å². The number of non-ortho nitro benzene ring substituents is 1. The molecule has 0 saturated carbocycles. The quantitative estimate of drug-likeness (QED) is 0.576. The Morgan fingerprint density at radius 3 is 2.42 bits per heavy atom. The number of halogens is 4. The fourth-order valence-corrected chi connectivity index (χ4v) is 1.27. The second kappa shape index (κ2) is 6.04. The van der Waals surface area contributed by atoms with E-state index in [1.54, 1.807) is 0 Å². The normalized spacial score (nSPS) is 12.7. The Morgan fingerprint density at radius 1 is 1.47 bits per heavy atom. The molecule has 19 heavy (non-hydrogen) atoms. The number of nitro groups is 1. The maximum atomic E-state index is 13.1. The van der Waals surface area contributed by atoms with Crippen molar-refractivity contribution < 1.29 is 28.3 Å². The first kappa shape index (κ1) is 17.4. The van der Waals surface area contributed by atoms with Crippen LogP contribution in [0.5, 0.6) is 5.75 Å². The zero-order valence-electron chi connectivity index (χ0n) is 9.22. The SMILES string of the molecule is Cl.N[C@@H](c1cc([N+](=O)[O-])cc(F)c1O)C(F)(F)CO. The summed E-state index contributed by atoms with van der Waals surface area (Å²) < 4.78 is 39.3. The van der Waals surface area contributed by atoms with E-state index in [9.17, 15) is 28.4 Å². The van der Waals surface area contributed by atoms with Gasteiger partial charge in [-0.15, -0.1) is 12.4 Å². The van der Waals surface area contributed by atoms with Crippen molar-refractivity contribution in [3.63, 3.8) is 0 Å². The van der Waals surface area contributed by atoms with E-state index in [0.29, 0.717) is 12.1 Å². The van der Waals surface area contributed by atoms with Crippen LogP contribution in [0, 0.1) is 15.9 Å². The van der Waals surface area contributed by atoms with Crippen LogP contribution in [0.2, 0.25) is 0 Å². The summed E-state index contributed by atoms with van der Waals surface area (Å²) in [5, 5.41) is 28.1. The number of nitro benzene ring substituents is 1. The Balaban J connectivity index is 0.00000324. The fourth-order valence-electron chi connectivity index (χ4n) is 1.27. The van der Waals surface area contributed by atoms with Crippen molar-refractivity contribution in [2.75, 3.05) is 6.61 Å². The second-order valence-corrected chi connectivity index (χ2v) is 3.52. The van der Waals surface area contributed by atoms with Gasteiger partial charge in [-0.2, -0.15) is 0 Å². The third kappa shape index (κ3) is 3.46. The minimum Gasteiger partial charge on any atom is -0.505 e. The molecule has 1 rings (SSSR count). The summed E-state index contributed by atoms with van der Waals surface area (Å²) in [5.74, 6) is -6.50. The van der Waals surface area contributed by atoms with Crippen molar-refractivity contribution in [2.45, 2.75) is 12.0 Å². The van der Waals surface area contributed by atoms with E-state index in [2.05, 4.69) is 0 Å². The largest absolute Gasteiger partial charge is 0.505 e. The number of hydrogen-bond acceptors (Lipinski definition) is 5. The van der Waals surface area contributed by atoms with E-state index < -0.39 is 46.3 Å². The minimum absolute atomic E-state index is 0.